The first-order chi connectivity index (χ1) is 9.97. The Morgan fingerprint density at radius 2 is 1.52 bits per heavy atom. The Balaban J connectivity index is -0.000000739. The van der Waals surface area contributed by atoms with E-state index in [1.807, 2.05) is 84.0 Å². The Morgan fingerprint density at radius 1 is 1.05 bits per heavy atom. The summed E-state index contributed by atoms with van der Waals surface area (Å²) >= 11 is 0. The van der Waals surface area contributed by atoms with Gasteiger partial charge in [0.25, 0.3) is 0 Å². The summed E-state index contributed by atoms with van der Waals surface area (Å²) in [6.45, 7) is 20.9. The second-order valence-corrected chi connectivity index (χ2v) is 5.57. The van der Waals surface area contributed by atoms with Crippen LogP contribution in [0.3, 0.4) is 0 Å². The van der Waals surface area contributed by atoms with Crippen LogP contribution in [-0.4, -0.2) is 21.1 Å². The molecule has 0 spiro atoms. The Bertz CT molecular complexity index is 341. The molecule has 0 aliphatic heterocycles. The lowest BCUT2D eigenvalue weighted by Gasteiger charge is -2.23. The summed E-state index contributed by atoms with van der Waals surface area (Å²) in [7, 11) is -1.06. The van der Waals surface area contributed by atoms with Crippen molar-refractivity contribution >= 4 is 11.0 Å². The summed E-state index contributed by atoms with van der Waals surface area (Å²) in [5.41, 5.74) is 1.17. The lowest BCUT2D eigenvalue weighted by Crippen LogP contribution is -2.32. The number of rotatable bonds is 6. The van der Waals surface area contributed by atoms with Crippen LogP contribution in [0.2, 0.25) is 0 Å². The number of hydrogen-bond donors (Lipinski definition) is 0. The van der Waals surface area contributed by atoms with Gasteiger partial charge in [0.1, 0.15) is 11.0 Å². The molecule has 1 unspecified atom stereocenters. The highest BCUT2D eigenvalue weighted by Crippen LogP contribution is 2.13. The van der Waals surface area contributed by atoms with E-state index in [0.717, 1.165) is 11.4 Å². The summed E-state index contributed by atoms with van der Waals surface area (Å²) < 4.78 is 14.3. The monoisotopic (exact) mass is 315 g/mol. The van der Waals surface area contributed by atoms with Crippen molar-refractivity contribution in [3.8, 4) is 0 Å². The Labute approximate surface area is 136 Å². The van der Waals surface area contributed by atoms with E-state index in [-0.39, 0.29) is 6.04 Å². The molecule has 0 saturated heterocycles. The molecule has 0 bridgehead atoms. The number of nitrogens with zero attached hydrogens (tertiary/aromatic N) is 1. The average molecular weight is 316 g/mol. The van der Waals surface area contributed by atoms with E-state index in [0.29, 0.717) is 0 Å². The molecule has 0 aliphatic carbocycles. The lowest BCUT2D eigenvalue weighted by atomic mass is 10.2. The van der Waals surface area contributed by atoms with Crippen molar-refractivity contribution in [3.63, 3.8) is 0 Å². The second-order valence-electron chi connectivity index (χ2n) is 4.13. The first-order valence-electron chi connectivity index (χ1n) is 8.13. The van der Waals surface area contributed by atoms with Crippen molar-refractivity contribution in [2.45, 2.75) is 75.3 Å². The molecule has 1 atom stereocenters. The summed E-state index contributed by atoms with van der Waals surface area (Å²) in [6.07, 6.45) is 7.89. The van der Waals surface area contributed by atoms with Crippen molar-refractivity contribution in [2.75, 3.05) is 6.54 Å². The molecule has 0 fully saturated rings. The summed E-state index contributed by atoms with van der Waals surface area (Å²) in [6, 6.07) is 0.284. The van der Waals surface area contributed by atoms with E-state index in [1.165, 1.54) is 5.57 Å². The van der Waals surface area contributed by atoms with E-state index < -0.39 is 11.0 Å². The molecule has 0 aliphatic rings. The molecular weight excluding hydrogens is 278 g/mol. The van der Waals surface area contributed by atoms with Crippen LogP contribution in [0.4, 0.5) is 0 Å². The molecule has 0 saturated carbocycles. The van der Waals surface area contributed by atoms with Gasteiger partial charge in [-0.3, -0.25) is 0 Å². The Morgan fingerprint density at radius 3 is 1.81 bits per heavy atom. The molecule has 0 radical (unpaired) electrons. The third kappa shape index (κ3) is 11.6. The zero-order valence-corrected chi connectivity index (χ0v) is 16.7. The minimum absolute atomic E-state index is 0.284. The van der Waals surface area contributed by atoms with Gasteiger partial charge in [0.05, 0.1) is 4.91 Å². The third-order valence-corrected chi connectivity index (χ3v) is 4.43. The van der Waals surface area contributed by atoms with Crippen LogP contribution >= 0.6 is 0 Å². The molecule has 0 rings (SSSR count). The predicted octanol–water partition coefficient (Wildman–Crippen LogP) is 5.86. The highest BCUT2D eigenvalue weighted by molar-refractivity contribution is 7.86. The summed E-state index contributed by atoms with van der Waals surface area (Å²) in [5, 5.41) is 0. The molecule has 21 heavy (non-hydrogen) atoms. The largest absolute Gasteiger partial charge is 0.237 e. The SMILES string of the molecule is CC.CC.C\C=C(C)/C=C\C(=C/C)S(=O)N(CC)C(C)C. The molecule has 0 amide bonds. The summed E-state index contributed by atoms with van der Waals surface area (Å²) in [4.78, 5) is 0.863. The van der Waals surface area contributed by atoms with Crippen LogP contribution in [-0.2, 0) is 11.0 Å². The maximum absolute atomic E-state index is 12.3. The standard InChI is InChI=1S/C14H25NOS.2C2H6/c1-7-13(6)10-11-14(8-2)17(16)15(9-3)12(4)5;2*1-2/h7-8,10-12H,9H2,1-6H3;2*1-2H3/b11-10-,13-7-,14-8+;;. The lowest BCUT2D eigenvalue weighted by molar-refractivity contribution is 0.397. The molecule has 2 nitrogen and oxygen atoms in total. The van der Waals surface area contributed by atoms with Crippen molar-refractivity contribution in [2.24, 2.45) is 0 Å². The van der Waals surface area contributed by atoms with Gasteiger partial charge in [0, 0.05) is 12.6 Å². The van der Waals surface area contributed by atoms with E-state index >= 15 is 0 Å². The van der Waals surface area contributed by atoms with Gasteiger partial charge in [0.15, 0.2) is 0 Å². The molecule has 0 aromatic rings. The second kappa shape index (κ2) is 17.4. The van der Waals surface area contributed by atoms with Crippen molar-refractivity contribution in [3.05, 3.63) is 34.8 Å². The topological polar surface area (TPSA) is 20.3 Å². The number of hydrogen-bond acceptors (Lipinski definition) is 1. The Hall–Kier alpha value is -0.670. The molecule has 0 heterocycles. The fourth-order valence-electron chi connectivity index (χ4n) is 1.37. The maximum Gasteiger partial charge on any atom is 0.127 e. The van der Waals surface area contributed by atoms with E-state index in [1.54, 1.807) is 0 Å². The van der Waals surface area contributed by atoms with Gasteiger partial charge in [-0.15, -0.1) is 0 Å². The molecule has 0 aromatic carbocycles. The molecule has 3 heteroatoms. The molecule has 126 valence electrons. The minimum Gasteiger partial charge on any atom is -0.237 e. The van der Waals surface area contributed by atoms with E-state index in [9.17, 15) is 4.21 Å². The maximum atomic E-state index is 12.3. The predicted molar refractivity (Wildman–Crippen MR) is 101 cm³/mol. The van der Waals surface area contributed by atoms with Gasteiger partial charge >= 0.3 is 0 Å². The molecule has 0 N–H and O–H groups in total. The minimum atomic E-state index is -1.06. The average Bonchev–Trinajstić information content (AvgIpc) is 2.51. The van der Waals surface area contributed by atoms with E-state index in [4.69, 9.17) is 0 Å². The van der Waals surface area contributed by atoms with Gasteiger partial charge in [-0.1, -0.05) is 58.4 Å². The zero-order chi connectivity index (χ0) is 17.4. The highest BCUT2D eigenvalue weighted by Gasteiger charge is 2.16. The van der Waals surface area contributed by atoms with Crippen LogP contribution in [0.1, 0.15) is 69.2 Å². The normalized spacial score (nSPS) is 13.7. The van der Waals surface area contributed by atoms with Gasteiger partial charge < -0.3 is 0 Å². The fraction of sp³-hybridized carbons (Fsp3) is 0.667. The Kier molecular flexibility index (Phi) is 20.9. The van der Waals surface area contributed by atoms with Crippen LogP contribution < -0.4 is 0 Å². The van der Waals surface area contributed by atoms with Crippen LogP contribution in [0, 0.1) is 0 Å². The number of allylic oxidation sites excluding steroid dienone is 5. The van der Waals surface area contributed by atoms with E-state index in [2.05, 4.69) is 13.8 Å². The summed E-state index contributed by atoms with van der Waals surface area (Å²) in [5.74, 6) is 0. The third-order valence-electron chi connectivity index (χ3n) is 2.55. The van der Waals surface area contributed by atoms with Gasteiger partial charge in [-0.2, -0.15) is 0 Å². The van der Waals surface area contributed by atoms with Crippen LogP contribution in [0.15, 0.2) is 34.8 Å². The van der Waals surface area contributed by atoms with Gasteiger partial charge in [-0.05, 0) is 40.7 Å². The van der Waals surface area contributed by atoms with Gasteiger partial charge in [0.2, 0.25) is 0 Å². The highest BCUT2D eigenvalue weighted by atomic mass is 32.2. The first kappa shape index (κ1) is 25.3. The zero-order valence-electron chi connectivity index (χ0n) is 15.9. The molecular formula is C18H37NOS. The van der Waals surface area contributed by atoms with Crippen LogP contribution in [0.5, 0.6) is 0 Å². The fourth-order valence-corrected chi connectivity index (χ4v) is 2.65. The van der Waals surface area contributed by atoms with Gasteiger partial charge in [-0.25, -0.2) is 8.51 Å². The van der Waals surface area contributed by atoms with Crippen LogP contribution in [0.25, 0.3) is 0 Å². The quantitative estimate of drug-likeness (QED) is 0.562. The smallest absolute Gasteiger partial charge is 0.127 e. The van der Waals surface area contributed by atoms with Crippen molar-refractivity contribution in [1.82, 2.24) is 4.31 Å². The first-order valence-corrected chi connectivity index (χ1v) is 9.24. The molecule has 0 aromatic heterocycles. The van der Waals surface area contributed by atoms with Crippen molar-refractivity contribution < 1.29 is 4.21 Å². The van der Waals surface area contributed by atoms with Crippen molar-refractivity contribution in [1.29, 1.82) is 0 Å².